The first kappa shape index (κ1) is 15.8. The molecule has 2 N–H and O–H groups in total. The molecular weight excluding hydrogens is 284 g/mol. The Kier molecular flexibility index (Phi) is 4.93. The molecule has 0 aliphatic heterocycles. The summed E-state index contributed by atoms with van der Waals surface area (Å²) in [6.07, 6.45) is -0.126. The predicted molar refractivity (Wildman–Crippen MR) is 82.7 cm³/mol. The zero-order chi connectivity index (χ0) is 16.1. The van der Waals surface area contributed by atoms with Gasteiger partial charge in [0.25, 0.3) is 11.5 Å². The summed E-state index contributed by atoms with van der Waals surface area (Å²) in [6.45, 7) is 3.94. The first-order valence-electron chi connectivity index (χ1n) is 7.13. The lowest BCUT2D eigenvalue weighted by Gasteiger charge is -2.13. The number of H-pyrrole nitrogens is 1. The maximum absolute atomic E-state index is 12.1. The first-order chi connectivity index (χ1) is 10.5. The Hall–Kier alpha value is -2.63. The molecule has 0 unspecified atom stereocenters. The Balaban J connectivity index is 2.16. The van der Waals surface area contributed by atoms with E-state index in [9.17, 15) is 14.4 Å². The second-order valence-electron chi connectivity index (χ2n) is 4.94. The van der Waals surface area contributed by atoms with Crippen LogP contribution >= 0.6 is 0 Å². The van der Waals surface area contributed by atoms with E-state index >= 15 is 0 Å². The number of rotatable bonds is 5. The number of aromatic amines is 1. The van der Waals surface area contributed by atoms with Gasteiger partial charge in [-0.1, -0.05) is 25.1 Å². The molecule has 1 atom stereocenters. The number of carbonyl (C=O) groups excluding carboxylic acids is 2. The number of carbonyl (C=O) groups is 2. The molecule has 6 heteroatoms. The highest BCUT2D eigenvalue weighted by Gasteiger charge is 2.19. The molecule has 6 nitrogen and oxygen atoms in total. The van der Waals surface area contributed by atoms with Crippen LogP contribution in [0.5, 0.6) is 0 Å². The third-order valence-electron chi connectivity index (χ3n) is 3.18. The van der Waals surface area contributed by atoms with Gasteiger partial charge in [-0.25, -0.2) is 4.79 Å². The van der Waals surface area contributed by atoms with Crippen molar-refractivity contribution in [2.75, 3.05) is 6.54 Å². The van der Waals surface area contributed by atoms with E-state index in [1.807, 2.05) is 6.92 Å². The van der Waals surface area contributed by atoms with E-state index in [0.29, 0.717) is 17.3 Å². The van der Waals surface area contributed by atoms with E-state index in [-0.39, 0.29) is 17.2 Å². The van der Waals surface area contributed by atoms with Crippen LogP contribution < -0.4 is 10.9 Å². The average Bonchev–Trinajstić information content (AvgIpc) is 2.52. The Morgan fingerprint density at radius 1 is 1.32 bits per heavy atom. The molecule has 0 aliphatic carbocycles. The molecule has 0 bridgehead atoms. The number of fused-ring (bicyclic) bond motifs is 1. The molecule has 0 saturated heterocycles. The molecule has 0 saturated carbocycles. The average molecular weight is 302 g/mol. The molecule has 0 fully saturated rings. The zero-order valence-electron chi connectivity index (χ0n) is 12.5. The van der Waals surface area contributed by atoms with E-state index < -0.39 is 12.1 Å². The summed E-state index contributed by atoms with van der Waals surface area (Å²) < 4.78 is 5.08. The van der Waals surface area contributed by atoms with Crippen molar-refractivity contribution < 1.29 is 14.3 Å². The number of benzene rings is 1. The van der Waals surface area contributed by atoms with Crippen molar-refractivity contribution in [3.8, 4) is 0 Å². The topological polar surface area (TPSA) is 88.3 Å². The number of aromatic nitrogens is 1. The molecule has 1 amide bonds. The van der Waals surface area contributed by atoms with Gasteiger partial charge in [-0.3, -0.25) is 9.59 Å². The number of ether oxygens (including phenoxy) is 1. The van der Waals surface area contributed by atoms with Gasteiger partial charge >= 0.3 is 5.97 Å². The summed E-state index contributed by atoms with van der Waals surface area (Å²) in [4.78, 5) is 38.1. The maximum Gasteiger partial charge on any atom is 0.355 e. The van der Waals surface area contributed by atoms with Crippen molar-refractivity contribution in [2.24, 2.45) is 0 Å². The van der Waals surface area contributed by atoms with Crippen LogP contribution in [0.25, 0.3) is 10.8 Å². The second-order valence-corrected chi connectivity index (χ2v) is 4.94. The fourth-order valence-corrected chi connectivity index (χ4v) is 1.99. The molecule has 0 radical (unpaired) electrons. The van der Waals surface area contributed by atoms with Gasteiger partial charge in [-0.2, -0.15) is 0 Å². The van der Waals surface area contributed by atoms with Crippen molar-refractivity contribution in [1.29, 1.82) is 0 Å². The highest BCUT2D eigenvalue weighted by atomic mass is 16.5. The molecular formula is C16H18N2O4. The summed E-state index contributed by atoms with van der Waals surface area (Å²) in [5.41, 5.74) is -0.341. The second kappa shape index (κ2) is 6.89. The number of nitrogens with one attached hydrogen (secondary N) is 2. The number of pyridine rings is 1. The monoisotopic (exact) mass is 302 g/mol. The number of esters is 1. The molecule has 2 aromatic rings. The Morgan fingerprint density at radius 2 is 2.05 bits per heavy atom. The molecule has 0 aliphatic rings. The SMILES string of the molecule is CCCNC(=O)[C@H](C)OC(=O)c1cc2ccccc2c(=O)[nH]1. The van der Waals surface area contributed by atoms with Gasteiger partial charge in [0.05, 0.1) is 0 Å². The van der Waals surface area contributed by atoms with Gasteiger partial charge in [-0.05, 0) is 30.9 Å². The minimum atomic E-state index is -0.922. The molecule has 1 aromatic heterocycles. The van der Waals surface area contributed by atoms with E-state index in [4.69, 9.17) is 4.74 Å². The molecule has 22 heavy (non-hydrogen) atoms. The molecule has 1 heterocycles. The fourth-order valence-electron chi connectivity index (χ4n) is 1.99. The Bertz CT molecular complexity index is 751. The third kappa shape index (κ3) is 3.52. The van der Waals surface area contributed by atoms with Crippen molar-refractivity contribution in [2.45, 2.75) is 26.4 Å². The summed E-state index contributed by atoms with van der Waals surface area (Å²) in [6, 6.07) is 8.46. The normalized spacial score (nSPS) is 11.9. The van der Waals surface area contributed by atoms with E-state index in [2.05, 4.69) is 10.3 Å². The standard InChI is InChI=1S/C16H18N2O4/c1-3-8-17-14(19)10(2)22-16(21)13-9-11-6-4-5-7-12(11)15(20)18-13/h4-7,9-10H,3,8H2,1-2H3,(H,17,19)(H,18,20)/t10-/m0/s1. The van der Waals surface area contributed by atoms with Crippen LogP contribution in [0, 0.1) is 0 Å². The first-order valence-corrected chi connectivity index (χ1v) is 7.13. The molecule has 0 spiro atoms. The van der Waals surface area contributed by atoms with Crippen molar-refractivity contribution in [3.05, 3.63) is 46.4 Å². The number of hydrogen-bond donors (Lipinski definition) is 2. The van der Waals surface area contributed by atoms with Gasteiger partial charge < -0.3 is 15.0 Å². The highest BCUT2D eigenvalue weighted by molar-refractivity contribution is 5.94. The third-order valence-corrected chi connectivity index (χ3v) is 3.18. The lowest BCUT2D eigenvalue weighted by atomic mass is 10.1. The van der Waals surface area contributed by atoms with Gasteiger partial charge in [0, 0.05) is 11.9 Å². The smallest absolute Gasteiger partial charge is 0.355 e. The summed E-state index contributed by atoms with van der Waals surface area (Å²) in [5, 5.41) is 3.78. The zero-order valence-corrected chi connectivity index (χ0v) is 12.5. The predicted octanol–water partition coefficient (Wildman–Crippen LogP) is 1.60. The highest BCUT2D eigenvalue weighted by Crippen LogP contribution is 2.11. The van der Waals surface area contributed by atoms with Crippen LogP contribution in [-0.2, 0) is 9.53 Å². The number of hydrogen-bond acceptors (Lipinski definition) is 4. The fraction of sp³-hybridized carbons (Fsp3) is 0.312. The maximum atomic E-state index is 12.1. The van der Waals surface area contributed by atoms with Crippen LogP contribution in [0.2, 0.25) is 0 Å². The van der Waals surface area contributed by atoms with Crippen molar-refractivity contribution in [3.63, 3.8) is 0 Å². The summed E-state index contributed by atoms with van der Waals surface area (Å²) >= 11 is 0. The van der Waals surface area contributed by atoms with Gasteiger partial charge in [-0.15, -0.1) is 0 Å². The largest absolute Gasteiger partial charge is 0.448 e. The van der Waals surface area contributed by atoms with Crippen LogP contribution in [0.1, 0.15) is 30.8 Å². The van der Waals surface area contributed by atoms with E-state index in [1.165, 1.54) is 13.0 Å². The van der Waals surface area contributed by atoms with Gasteiger partial charge in [0.15, 0.2) is 6.10 Å². The Morgan fingerprint density at radius 3 is 2.77 bits per heavy atom. The lowest BCUT2D eigenvalue weighted by molar-refractivity contribution is -0.129. The van der Waals surface area contributed by atoms with Gasteiger partial charge in [0.2, 0.25) is 0 Å². The molecule has 116 valence electrons. The lowest BCUT2D eigenvalue weighted by Crippen LogP contribution is -2.36. The minimum Gasteiger partial charge on any atom is -0.448 e. The summed E-state index contributed by atoms with van der Waals surface area (Å²) in [7, 11) is 0. The van der Waals surface area contributed by atoms with Crippen LogP contribution in [0.3, 0.4) is 0 Å². The number of amides is 1. The quantitative estimate of drug-likeness (QED) is 0.821. The van der Waals surface area contributed by atoms with Crippen LogP contribution in [-0.4, -0.2) is 29.5 Å². The van der Waals surface area contributed by atoms with Gasteiger partial charge in [0.1, 0.15) is 5.69 Å². The van der Waals surface area contributed by atoms with Crippen molar-refractivity contribution >= 4 is 22.6 Å². The van der Waals surface area contributed by atoms with Crippen molar-refractivity contribution in [1.82, 2.24) is 10.3 Å². The van der Waals surface area contributed by atoms with E-state index in [1.54, 1.807) is 24.3 Å². The van der Waals surface area contributed by atoms with Crippen LogP contribution in [0.15, 0.2) is 35.1 Å². The molecule has 2 rings (SSSR count). The Labute approximate surface area is 127 Å². The molecule has 1 aromatic carbocycles. The van der Waals surface area contributed by atoms with Crippen LogP contribution in [0.4, 0.5) is 0 Å². The van der Waals surface area contributed by atoms with E-state index in [0.717, 1.165) is 6.42 Å². The summed E-state index contributed by atoms with van der Waals surface area (Å²) in [5.74, 6) is -1.10. The minimum absolute atomic E-state index is 0.0267.